The number of phenols is 1. The molecule has 2 heterocycles. The Morgan fingerprint density at radius 3 is 2.02 bits per heavy atom. The number of hydrogen-bond donors (Lipinski definition) is 1. The molecule has 5 heteroatoms. The molecule has 0 aliphatic carbocycles. The summed E-state index contributed by atoms with van der Waals surface area (Å²) in [6, 6.07) is 28.9. The number of fused-ring (bicyclic) bond motifs is 1. The average molecular weight is 1020 g/mol. The van der Waals surface area contributed by atoms with Crippen LogP contribution in [-0.4, -0.2) is 19.6 Å². The van der Waals surface area contributed by atoms with E-state index in [0.29, 0.717) is 33.5 Å². The van der Waals surface area contributed by atoms with E-state index in [0.717, 1.165) is 39.1 Å². The fourth-order valence-electron chi connectivity index (χ4n) is 7.72. The Hall–Kier alpha value is -5.57. The van der Waals surface area contributed by atoms with Gasteiger partial charge in [0.1, 0.15) is 11.6 Å². The summed E-state index contributed by atoms with van der Waals surface area (Å²) in [5, 5.41) is 12.6. The van der Waals surface area contributed by atoms with E-state index in [1.54, 1.807) is 6.07 Å². The van der Waals surface area contributed by atoms with Crippen molar-refractivity contribution >= 4 is 11.0 Å². The van der Waals surface area contributed by atoms with Crippen LogP contribution in [-0.2, 0) is 37.3 Å². The predicted octanol–water partition coefficient (Wildman–Crippen LogP) is 15.6. The zero-order valence-corrected chi connectivity index (χ0v) is 40.0. The molecule has 2 aromatic heterocycles. The number of nitrogens with zero attached hydrogens (tertiary/aromatic N) is 3. The monoisotopic (exact) mass is 1020 g/mol. The maximum absolute atomic E-state index is 12.6. The molecule has 0 spiro atoms. The van der Waals surface area contributed by atoms with Gasteiger partial charge in [0.05, 0.1) is 31.9 Å². The van der Waals surface area contributed by atoms with Crippen LogP contribution >= 0.6 is 0 Å². The number of imidazole rings is 1. The van der Waals surface area contributed by atoms with E-state index in [-0.39, 0.29) is 43.5 Å². The molecule has 0 aliphatic heterocycles. The van der Waals surface area contributed by atoms with Crippen LogP contribution in [0.4, 0.5) is 0 Å². The van der Waals surface area contributed by atoms with Gasteiger partial charge in [0.25, 0.3) is 0 Å². The Balaban J connectivity index is 0.00000800. The molecule has 0 bridgehead atoms. The standard InChI is InChI=1S/C58H60N3O.Pt/c1-36(2)40-25-26-51(47(32-40)39-17-14-13-15-18-39)61-52-20-16-19-46(53(52)60-55(61)48-34-45(57(7,8)9)35-49(54(48)62)58(10,11)12)42-29-43(31-44(30-42)56(4,5)6)50-33-41(27-28-59-50)38-23-21-37(3)22-24-38;/h13-28,30-36,62H,1-12H3;/q-1;/i3D3,21D,22D,23D,24D,27D,28D,33D,36D;. The molecule has 0 unspecified atom stereocenters. The van der Waals surface area contributed by atoms with Crippen LogP contribution in [0.3, 0.4) is 0 Å². The van der Waals surface area contributed by atoms with E-state index in [1.165, 1.54) is 0 Å². The van der Waals surface area contributed by atoms with E-state index < -0.39 is 82.7 Å². The van der Waals surface area contributed by atoms with Gasteiger partial charge in [-0.2, -0.15) is 0 Å². The van der Waals surface area contributed by atoms with Crippen molar-refractivity contribution in [3.63, 3.8) is 0 Å². The maximum Gasteiger partial charge on any atom is 0.148 e. The molecular weight excluding hydrogens is 950 g/mol. The van der Waals surface area contributed by atoms with Crippen molar-refractivity contribution in [3.8, 4) is 67.5 Å². The molecule has 0 amide bonds. The second kappa shape index (κ2) is 17.2. The number of aromatic nitrogens is 3. The molecule has 6 aromatic carbocycles. The van der Waals surface area contributed by atoms with E-state index in [9.17, 15) is 6.48 Å². The Bertz CT molecular complexity index is 3490. The number of hydrogen-bond acceptors (Lipinski definition) is 3. The van der Waals surface area contributed by atoms with Gasteiger partial charge in [-0.1, -0.05) is 178 Å². The quantitative estimate of drug-likeness (QED) is 0.162. The molecule has 0 radical (unpaired) electrons. The number of phenolic OH excluding ortho intramolecular Hbond substituents is 1. The third-order valence-electron chi connectivity index (χ3n) is 11.4. The number of para-hydroxylation sites is 1. The Morgan fingerprint density at radius 1 is 0.683 bits per heavy atom. The van der Waals surface area contributed by atoms with Gasteiger partial charge < -0.3 is 5.11 Å². The van der Waals surface area contributed by atoms with E-state index in [1.807, 2.05) is 113 Å². The largest absolute Gasteiger partial charge is 0.507 e. The molecule has 0 atom stereocenters. The van der Waals surface area contributed by atoms with Gasteiger partial charge in [-0.15, -0.1) is 29.3 Å². The number of benzene rings is 6. The number of pyridine rings is 1. The average Bonchev–Trinajstić information content (AvgIpc) is 3.68. The van der Waals surface area contributed by atoms with Gasteiger partial charge in [-0.25, -0.2) is 4.98 Å². The second-order valence-corrected chi connectivity index (χ2v) is 19.4. The van der Waals surface area contributed by atoms with Crippen molar-refractivity contribution in [3.05, 3.63) is 167 Å². The summed E-state index contributed by atoms with van der Waals surface area (Å²) in [7, 11) is 0. The fourth-order valence-corrected chi connectivity index (χ4v) is 7.72. The van der Waals surface area contributed by atoms with Crippen LogP contribution in [0.25, 0.3) is 72.7 Å². The first-order valence-corrected chi connectivity index (χ1v) is 21.0. The molecule has 324 valence electrons. The maximum atomic E-state index is 12.6. The van der Waals surface area contributed by atoms with Crippen LogP contribution in [0.2, 0.25) is 0 Å². The molecule has 0 saturated heterocycles. The van der Waals surface area contributed by atoms with Crippen LogP contribution in [0.1, 0.15) is 125 Å². The van der Waals surface area contributed by atoms with Crippen molar-refractivity contribution in [2.24, 2.45) is 0 Å². The molecule has 0 aliphatic rings. The number of rotatable bonds is 7. The van der Waals surface area contributed by atoms with Crippen molar-refractivity contribution in [2.75, 3.05) is 0 Å². The predicted molar refractivity (Wildman–Crippen MR) is 261 cm³/mol. The molecule has 8 aromatic rings. The summed E-state index contributed by atoms with van der Waals surface area (Å²) in [5.74, 6) is -0.367. The van der Waals surface area contributed by atoms with Crippen LogP contribution in [0, 0.1) is 12.9 Å². The van der Waals surface area contributed by atoms with Crippen molar-refractivity contribution in [1.82, 2.24) is 14.5 Å². The van der Waals surface area contributed by atoms with Crippen LogP contribution < -0.4 is 0 Å². The van der Waals surface area contributed by atoms with Crippen LogP contribution in [0.5, 0.6) is 5.75 Å². The molecule has 0 saturated carbocycles. The first kappa shape index (κ1) is 33.0. The first-order valence-electron chi connectivity index (χ1n) is 26.5. The van der Waals surface area contributed by atoms with Crippen molar-refractivity contribution < 1.29 is 41.3 Å². The summed E-state index contributed by atoms with van der Waals surface area (Å²) < 4.78 is 97.3. The summed E-state index contributed by atoms with van der Waals surface area (Å²) in [6.45, 7) is 19.4. The van der Waals surface area contributed by atoms with Crippen molar-refractivity contribution in [2.45, 2.75) is 105 Å². The summed E-state index contributed by atoms with van der Waals surface area (Å²) in [6.07, 6.45) is -0.597. The molecule has 4 nitrogen and oxygen atoms in total. The molecule has 63 heavy (non-hydrogen) atoms. The summed E-state index contributed by atoms with van der Waals surface area (Å²) >= 11 is 0. The fraction of sp³-hybridized carbons (Fsp3) is 0.276. The molecule has 0 fully saturated rings. The van der Waals surface area contributed by atoms with E-state index >= 15 is 0 Å². The Morgan fingerprint density at radius 2 is 1.37 bits per heavy atom. The van der Waals surface area contributed by atoms with E-state index in [4.69, 9.17) is 18.7 Å². The second-order valence-electron chi connectivity index (χ2n) is 19.4. The van der Waals surface area contributed by atoms with Gasteiger partial charge in [0.2, 0.25) is 0 Å². The minimum absolute atomic E-state index is 0. The van der Waals surface area contributed by atoms with Gasteiger partial charge in [-0.05, 0) is 87.1 Å². The zero-order valence-electron chi connectivity index (χ0n) is 48.8. The smallest absolute Gasteiger partial charge is 0.148 e. The molecule has 8 rings (SSSR count). The Labute approximate surface area is 405 Å². The summed E-state index contributed by atoms with van der Waals surface area (Å²) in [5.41, 5.74) is 5.98. The molecular formula is C58H60N3OPt-. The van der Waals surface area contributed by atoms with Gasteiger partial charge >= 0.3 is 0 Å². The minimum Gasteiger partial charge on any atom is -0.507 e. The van der Waals surface area contributed by atoms with Crippen molar-refractivity contribution in [1.29, 1.82) is 0 Å². The molecule has 1 N–H and O–H groups in total. The van der Waals surface area contributed by atoms with E-state index in [2.05, 4.69) is 63.2 Å². The van der Waals surface area contributed by atoms with Crippen LogP contribution in [0.15, 0.2) is 133 Å². The third kappa shape index (κ3) is 9.11. The van der Waals surface area contributed by atoms with Gasteiger partial charge in [0.15, 0.2) is 0 Å². The third-order valence-corrected chi connectivity index (χ3v) is 11.4. The summed E-state index contributed by atoms with van der Waals surface area (Å²) in [4.78, 5) is 9.95. The zero-order chi connectivity index (χ0) is 53.8. The topological polar surface area (TPSA) is 50.9 Å². The number of aromatic hydroxyl groups is 1. The normalized spacial score (nSPS) is 15.1. The Kier molecular flexibility index (Phi) is 9.01. The SMILES string of the molecule is [2H]c1nc(-c2[c-]c(-c3cccc4c3nc(-c3cc(C(C)(C)C)cc(C(C)(C)C)c3O)n4-c3ccc(C([2H])(C)C)cc3-c3ccccc3)cc(C(C)(C)C)c2)c([2H])c(-c2c([2H])c([2H])c(C([2H])([2H])[2H])c([2H])c2[2H])c1[2H].[Pt]. The first-order chi connectivity index (χ1) is 33.7. The minimum atomic E-state index is -2.98. The van der Waals surface area contributed by atoms with Gasteiger partial charge in [-0.3, -0.25) is 9.55 Å². The van der Waals surface area contributed by atoms with Gasteiger partial charge in [0, 0.05) is 49.5 Å².